The highest BCUT2D eigenvalue weighted by Crippen LogP contribution is 2.38. The Bertz CT molecular complexity index is 121. The number of nitrogens with one attached hydrogen (secondary N) is 1. The van der Waals surface area contributed by atoms with E-state index >= 15 is 0 Å². The van der Waals surface area contributed by atoms with Crippen LogP contribution in [0.5, 0.6) is 0 Å². The summed E-state index contributed by atoms with van der Waals surface area (Å²) >= 11 is 6.16. The van der Waals surface area contributed by atoms with Crippen molar-refractivity contribution in [2.24, 2.45) is 5.92 Å². The molecule has 0 heterocycles. The lowest BCUT2D eigenvalue weighted by molar-refractivity contribution is 0.624. The molecule has 1 aliphatic rings. The van der Waals surface area contributed by atoms with Gasteiger partial charge in [0.25, 0.3) is 0 Å². The molecule has 0 saturated heterocycles. The van der Waals surface area contributed by atoms with Crippen LogP contribution in [0.4, 0.5) is 0 Å². The van der Waals surface area contributed by atoms with Gasteiger partial charge in [-0.2, -0.15) is 0 Å². The largest absolute Gasteiger partial charge is 0.299 e. The Morgan fingerprint density at radius 1 is 1.55 bits per heavy atom. The maximum Gasteiger partial charge on any atom is 0.0368 e. The van der Waals surface area contributed by atoms with E-state index in [1.54, 1.807) is 0 Å². The van der Waals surface area contributed by atoms with E-state index in [0.717, 1.165) is 5.92 Å². The average Bonchev–Trinajstić information content (AvgIpc) is 2.37. The second-order valence-electron chi connectivity index (χ2n) is 3.31. The third-order valence-corrected chi connectivity index (χ3v) is 4.81. The molecule has 11 heavy (non-hydrogen) atoms. The van der Waals surface area contributed by atoms with Gasteiger partial charge < -0.3 is 0 Å². The first-order valence-corrected chi connectivity index (χ1v) is 6.67. The van der Waals surface area contributed by atoms with Gasteiger partial charge in [-0.05, 0) is 46.7 Å². The summed E-state index contributed by atoms with van der Waals surface area (Å²) < 4.78 is 0. The zero-order valence-electron chi connectivity index (χ0n) is 7.31. The van der Waals surface area contributed by atoms with Crippen LogP contribution in [0.25, 0.3) is 0 Å². The molecule has 0 aromatic heterocycles. The van der Waals surface area contributed by atoms with Gasteiger partial charge in [-0.15, -0.1) is 11.6 Å². The molecular formula is C8H17ClNP. The zero-order chi connectivity index (χ0) is 8.27. The number of hydrogen-bond acceptors (Lipinski definition) is 1. The van der Waals surface area contributed by atoms with Gasteiger partial charge in [0.15, 0.2) is 0 Å². The van der Waals surface area contributed by atoms with Gasteiger partial charge in [-0.1, -0.05) is 6.42 Å². The zero-order valence-corrected chi connectivity index (χ0v) is 8.96. The minimum atomic E-state index is 0.0496. The van der Waals surface area contributed by atoms with Crippen LogP contribution in [0, 0.1) is 5.92 Å². The third-order valence-electron chi connectivity index (χ3n) is 2.46. The van der Waals surface area contributed by atoms with E-state index in [-0.39, 0.29) is 8.07 Å². The fraction of sp³-hybridized carbons (Fsp3) is 1.00. The summed E-state index contributed by atoms with van der Waals surface area (Å²) in [6.45, 7) is 2.29. The van der Waals surface area contributed by atoms with Gasteiger partial charge in [0.05, 0.1) is 0 Å². The number of alkyl halides is 1. The van der Waals surface area contributed by atoms with Crippen LogP contribution in [0.2, 0.25) is 0 Å². The molecule has 1 saturated carbocycles. The molecule has 66 valence electrons. The maximum absolute atomic E-state index is 6.16. The van der Waals surface area contributed by atoms with Crippen LogP contribution in [0.1, 0.15) is 19.3 Å². The highest BCUT2D eigenvalue weighted by atomic mass is 35.5. The van der Waals surface area contributed by atoms with E-state index in [0.29, 0.717) is 5.38 Å². The van der Waals surface area contributed by atoms with Crippen molar-refractivity contribution in [1.82, 2.24) is 5.09 Å². The van der Waals surface area contributed by atoms with Crippen LogP contribution in [-0.4, -0.2) is 25.3 Å². The molecule has 1 fully saturated rings. The Hall–Kier alpha value is 0.680. The Morgan fingerprint density at radius 2 is 2.27 bits per heavy atom. The van der Waals surface area contributed by atoms with Gasteiger partial charge in [-0.3, -0.25) is 5.09 Å². The van der Waals surface area contributed by atoms with Crippen molar-refractivity contribution in [3.8, 4) is 0 Å². The van der Waals surface area contributed by atoms with Gasteiger partial charge in [0.2, 0.25) is 0 Å². The Kier molecular flexibility index (Phi) is 4.12. The van der Waals surface area contributed by atoms with Gasteiger partial charge in [-0.25, -0.2) is 0 Å². The molecule has 1 N–H and O–H groups in total. The van der Waals surface area contributed by atoms with E-state index in [9.17, 15) is 0 Å². The lowest BCUT2D eigenvalue weighted by Crippen LogP contribution is -2.14. The Morgan fingerprint density at radius 3 is 2.73 bits per heavy atom. The second kappa shape index (κ2) is 4.64. The van der Waals surface area contributed by atoms with E-state index in [1.165, 1.54) is 25.4 Å². The molecule has 1 aliphatic carbocycles. The molecule has 0 amide bonds. The van der Waals surface area contributed by atoms with Crippen molar-refractivity contribution in [2.45, 2.75) is 24.6 Å². The van der Waals surface area contributed by atoms with Crippen molar-refractivity contribution >= 4 is 19.7 Å². The number of rotatable bonds is 3. The molecule has 0 bridgehead atoms. The van der Waals surface area contributed by atoms with E-state index in [2.05, 4.69) is 11.8 Å². The van der Waals surface area contributed by atoms with Crippen LogP contribution < -0.4 is 5.09 Å². The fourth-order valence-electron chi connectivity index (χ4n) is 1.64. The van der Waals surface area contributed by atoms with E-state index in [1.807, 2.05) is 7.05 Å². The topological polar surface area (TPSA) is 12.0 Å². The van der Waals surface area contributed by atoms with Crippen LogP contribution in [0.3, 0.4) is 0 Å². The quantitative estimate of drug-likeness (QED) is 0.537. The van der Waals surface area contributed by atoms with Crippen molar-refractivity contribution in [1.29, 1.82) is 0 Å². The molecule has 0 radical (unpaired) electrons. The molecule has 3 atom stereocenters. The number of hydrogen-bond donors (Lipinski definition) is 1. The highest BCUT2D eigenvalue weighted by molar-refractivity contribution is 7.54. The summed E-state index contributed by atoms with van der Waals surface area (Å²) in [5.74, 6) is 0.792. The van der Waals surface area contributed by atoms with Gasteiger partial charge in [0.1, 0.15) is 0 Å². The lowest BCUT2D eigenvalue weighted by Gasteiger charge is -2.18. The molecule has 3 unspecified atom stereocenters. The van der Waals surface area contributed by atoms with Crippen LogP contribution in [0.15, 0.2) is 0 Å². The molecule has 0 aromatic rings. The molecule has 0 aromatic carbocycles. The predicted octanol–water partition coefficient (Wildman–Crippen LogP) is 2.64. The summed E-state index contributed by atoms with van der Waals surface area (Å²) in [7, 11) is 2.10. The third kappa shape index (κ3) is 2.89. The fourth-order valence-corrected chi connectivity index (χ4v) is 3.46. The molecule has 1 rings (SSSR count). The van der Waals surface area contributed by atoms with Crippen molar-refractivity contribution in [3.05, 3.63) is 0 Å². The smallest absolute Gasteiger partial charge is 0.0368 e. The Labute approximate surface area is 75.7 Å². The summed E-state index contributed by atoms with van der Waals surface area (Å²) in [6.07, 6.45) is 5.23. The van der Waals surface area contributed by atoms with E-state index < -0.39 is 0 Å². The first kappa shape index (κ1) is 9.77. The standard InChI is InChI=1S/C8H17ClNP/c1-10-11(2)6-7-4-3-5-8(7)9/h7-8,10H,3-6H2,1-2H3. The SMILES string of the molecule is CNP(C)CC1CCCC1Cl. The Balaban J connectivity index is 2.24. The van der Waals surface area contributed by atoms with Crippen LogP contribution >= 0.6 is 19.7 Å². The summed E-state index contributed by atoms with van der Waals surface area (Å²) in [4.78, 5) is 0. The molecule has 1 nitrogen and oxygen atoms in total. The summed E-state index contributed by atoms with van der Waals surface area (Å²) in [5.41, 5.74) is 0. The molecule has 0 aliphatic heterocycles. The van der Waals surface area contributed by atoms with Gasteiger partial charge in [0, 0.05) is 5.38 Å². The van der Waals surface area contributed by atoms with Crippen LogP contribution in [-0.2, 0) is 0 Å². The summed E-state index contributed by atoms with van der Waals surface area (Å²) in [5, 5.41) is 3.78. The lowest BCUT2D eigenvalue weighted by atomic mass is 10.1. The molecule has 3 heteroatoms. The maximum atomic E-state index is 6.16. The minimum Gasteiger partial charge on any atom is -0.299 e. The normalized spacial score (nSPS) is 34.1. The van der Waals surface area contributed by atoms with Crippen molar-refractivity contribution < 1.29 is 0 Å². The first-order valence-electron chi connectivity index (χ1n) is 4.26. The monoisotopic (exact) mass is 193 g/mol. The van der Waals surface area contributed by atoms with Crippen molar-refractivity contribution in [2.75, 3.05) is 19.9 Å². The minimum absolute atomic E-state index is 0.0496. The summed E-state index contributed by atoms with van der Waals surface area (Å²) in [6, 6.07) is 0. The van der Waals surface area contributed by atoms with Crippen molar-refractivity contribution in [3.63, 3.8) is 0 Å². The highest BCUT2D eigenvalue weighted by Gasteiger charge is 2.26. The predicted molar refractivity (Wildman–Crippen MR) is 53.8 cm³/mol. The molecular weight excluding hydrogens is 177 g/mol. The number of halogens is 1. The van der Waals surface area contributed by atoms with Gasteiger partial charge >= 0.3 is 0 Å². The first-order chi connectivity index (χ1) is 5.24. The average molecular weight is 194 g/mol. The van der Waals surface area contributed by atoms with E-state index in [4.69, 9.17) is 11.6 Å². The molecule has 0 spiro atoms. The second-order valence-corrected chi connectivity index (χ2v) is 6.08.